The Labute approximate surface area is 157 Å². The zero-order valence-corrected chi connectivity index (χ0v) is 15.7. The van der Waals surface area contributed by atoms with Crippen LogP contribution in [-0.2, 0) is 9.47 Å². The molecule has 0 saturated carbocycles. The maximum Gasteiger partial charge on any atom is 0.119 e. The van der Waals surface area contributed by atoms with E-state index in [1.807, 2.05) is 12.1 Å². The Balaban J connectivity index is 1.22. The van der Waals surface area contributed by atoms with Gasteiger partial charge in [0, 0.05) is 18.3 Å². The van der Waals surface area contributed by atoms with Crippen molar-refractivity contribution in [3.63, 3.8) is 0 Å². The molecule has 0 aliphatic carbocycles. The molecule has 2 saturated heterocycles. The topological polar surface area (TPSA) is 63.8 Å². The van der Waals surface area contributed by atoms with Crippen LogP contribution in [0.15, 0.2) is 24.3 Å². The van der Waals surface area contributed by atoms with Crippen LogP contribution >= 0.6 is 0 Å². The average Bonchev–Trinajstić information content (AvgIpc) is 2.70. The second-order valence-electron chi connectivity index (χ2n) is 6.99. The first-order valence-corrected chi connectivity index (χ1v) is 10.0. The fraction of sp³-hybridized carbons (Fsp3) is 0.700. The molecule has 0 radical (unpaired) electrons. The molecular formula is C20H33N3O3. The highest BCUT2D eigenvalue weighted by Gasteiger charge is 2.13. The van der Waals surface area contributed by atoms with Crippen molar-refractivity contribution in [1.29, 1.82) is 0 Å². The Morgan fingerprint density at radius 1 is 0.885 bits per heavy atom. The third-order valence-corrected chi connectivity index (χ3v) is 4.89. The van der Waals surface area contributed by atoms with Crippen LogP contribution < -0.4 is 20.7 Å². The van der Waals surface area contributed by atoms with E-state index in [2.05, 4.69) is 28.1 Å². The van der Waals surface area contributed by atoms with E-state index in [-0.39, 0.29) is 0 Å². The van der Waals surface area contributed by atoms with Crippen molar-refractivity contribution >= 4 is 5.69 Å². The van der Waals surface area contributed by atoms with Gasteiger partial charge in [0.25, 0.3) is 0 Å². The smallest absolute Gasteiger partial charge is 0.119 e. The summed E-state index contributed by atoms with van der Waals surface area (Å²) in [5, 5.41) is 10.3. The zero-order valence-electron chi connectivity index (χ0n) is 15.7. The number of ether oxygens (including phenoxy) is 3. The van der Waals surface area contributed by atoms with Gasteiger partial charge in [0.2, 0.25) is 0 Å². The average molecular weight is 364 g/mol. The van der Waals surface area contributed by atoms with Gasteiger partial charge in [-0.3, -0.25) is 0 Å². The lowest BCUT2D eigenvalue weighted by Crippen LogP contribution is -2.38. The van der Waals surface area contributed by atoms with Gasteiger partial charge in [-0.05, 0) is 69.6 Å². The summed E-state index contributed by atoms with van der Waals surface area (Å²) in [5.74, 6) is 0.881. The third kappa shape index (κ3) is 7.11. The molecule has 2 fully saturated rings. The standard InChI is InChI=1S/C20H33N3O3/c1-2-18(16-22-9-1)23-17-3-5-19(6-4-17)25-14-12-24-13-15-26-20-7-10-21-11-8-20/h3-6,18,20-23H,1-2,7-16H2. The number of piperidine rings is 2. The van der Waals surface area contributed by atoms with Gasteiger partial charge < -0.3 is 30.2 Å². The minimum atomic E-state index is 0.396. The van der Waals surface area contributed by atoms with E-state index in [4.69, 9.17) is 14.2 Å². The predicted molar refractivity (Wildman–Crippen MR) is 104 cm³/mol. The van der Waals surface area contributed by atoms with Crippen molar-refractivity contribution in [3.05, 3.63) is 24.3 Å². The molecule has 1 unspecified atom stereocenters. The monoisotopic (exact) mass is 363 g/mol. The first-order chi connectivity index (χ1) is 12.9. The molecule has 2 aliphatic heterocycles. The van der Waals surface area contributed by atoms with E-state index in [9.17, 15) is 0 Å². The highest BCUT2D eigenvalue weighted by Crippen LogP contribution is 2.18. The Morgan fingerprint density at radius 3 is 2.46 bits per heavy atom. The van der Waals surface area contributed by atoms with E-state index < -0.39 is 0 Å². The van der Waals surface area contributed by atoms with Crippen LogP contribution in [0.2, 0.25) is 0 Å². The van der Waals surface area contributed by atoms with Crippen LogP contribution in [0.25, 0.3) is 0 Å². The summed E-state index contributed by atoms with van der Waals surface area (Å²) >= 11 is 0. The van der Waals surface area contributed by atoms with Gasteiger partial charge in [0.15, 0.2) is 0 Å². The van der Waals surface area contributed by atoms with Gasteiger partial charge in [0.1, 0.15) is 12.4 Å². The number of hydrogen-bond acceptors (Lipinski definition) is 6. The maximum atomic E-state index is 5.81. The van der Waals surface area contributed by atoms with Crippen molar-refractivity contribution in [1.82, 2.24) is 10.6 Å². The third-order valence-electron chi connectivity index (χ3n) is 4.89. The van der Waals surface area contributed by atoms with Crippen LogP contribution in [0.4, 0.5) is 5.69 Å². The number of nitrogens with one attached hydrogen (secondary N) is 3. The summed E-state index contributed by atoms with van der Waals surface area (Å²) in [7, 11) is 0. The molecule has 146 valence electrons. The summed E-state index contributed by atoms with van der Waals surface area (Å²) in [5.41, 5.74) is 1.15. The molecule has 3 rings (SSSR count). The predicted octanol–water partition coefficient (Wildman–Crippen LogP) is 2.01. The quantitative estimate of drug-likeness (QED) is 0.553. The summed E-state index contributed by atoms with van der Waals surface area (Å²) < 4.78 is 17.1. The molecule has 26 heavy (non-hydrogen) atoms. The van der Waals surface area contributed by atoms with Crippen molar-refractivity contribution in [2.45, 2.75) is 37.8 Å². The lowest BCUT2D eigenvalue weighted by molar-refractivity contribution is -0.0115. The zero-order chi connectivity index (χ0) is 17.9. The molecule has 2 heterocycles. The Hall–Kier alpha value is -1.34. The maximum absolute atomic E-state index is 5.81. The van der Waals surface area contributed by atoms with E-state index in [1.54, 1.807) is 0 Å². The van der Waals surface area contributed by atoms with Gasteiger partial charge in [-0.15, -0.1) is 0 Å². The largest absolute Gasteiger partial charge is 0.491 e. The highest BCUT2D eigenvalue weighted by molar-refractivity contribution is 5.47. The summed E-state index contributed by atoms with van der Waals surface area (Å²) in [6.07, 6.45) is 5.06. The molecule has 0 spiro atoms. The molecule has 1 aromatic carbocycles. The summed E-state index contributed by atoms with van der Waals surface area (Å²) in [6.45, 7) is 6.74. The summed E-state index contributed by atoms with van der Waals surface area (Å²) in [4.78, 5) is 0. The molecule has 2 aliphatic rings. The van der Waals surface area contributed by atoms with E-state index in [1.165, 1.54) is 12.8 Å². The normalized spacial score (nSPS) is 21.5. The minimum Gasteiger partial charge on any atom is -0.491 e. The lowest BCUT2D eigenvalue weighted by atomic mass is 10.1. The molecule has 6 nitrogen and oxygen atoms in total. The van der Waals surface area contributed by atoms with Crippen molar-refractivity contribution in [2.75, 3.05) is 57.9 Å². The van der Waals surface area contributed by atoms with Crippen LogP contribution in [0.3, 0.4) is 0 Å². The first kappa shape index (κ1) is 19.4. The van der Waals surface area contributed by atoms with Crippen molar-refractivity contribution < 1.29 is 14.2 Å². The molecule has 0 bridgehead atoms. The van der Waals surface area contributed by atoms with E-state index in [0.717, 1.165) is 50.5 Å². The number of hydrogen-bond donors (Lipinski definition) is 3. The van der Waals surface area contributed by atoms with Crippen LogP contribution in [0.5, 0.6) is 5.75 Å². The Morgan fingerprint density at radius 2 is 1.69 bits per heavy atom. The minimum absolute atomic E-state index is 0.396. The fourth-order valence-electron chi connectivity index (χ4n) is 3.41. The van der Waals surface area contributed by atoms with Gasteiger partial charge in [-0.25, -0.2) is 0 Å². The van der Waals surface area contributed by atoms with Crippen molar-refractivity contribution in [2.24, 2.45) is 0 Å². The number of anilines is 1. The molecule has 1 aromatic rings. The Kier molecular flexibility index (Phi) is 8.51. The second-order valence-corrected chi connectivity index (χ2v) is 6.99. The fourth-order valence-corrected chi connectivity index (χ4v) is 3.41. The number of rotatable bonds is 10. The van der Waals surface area contributed by atoms with Crippen LogP contribution in [0.1, 0.15) is 25.7 Å². The van der Waals surface area contributed by atoms with E-state index >= 15 is 0 Å². The van der Waals surface area contributed by atoms with Gasteiger partial charge in [-0.2, -0.15) is 0 Å². The highest BCUT2D eigenvalue weighted by atomic mass is 16.5. The van der Waals surface area contributed by atoms with Gasteiger partial charge in [-0.1, -0.05) is 0 Å². The van der Waals surface area contributed by atoms with Crippen LogP contribution in [-0.4, -0.2) is 64.8 Å². The lowest BCUT2D eigenvalue weighted by Gasteiger charge is -2.24. The molecule has 1 atom stereocenters. The SMILES string of the molecule is c1cc(OCCOCCOC2CCNCC2)ccc1NC1CCCNC1. The van der Waals surface area contributed by atoms with Crippen molar-refractivity contribution in [3.8, 4) is 5.75 Å². The second kappa shape index (κ2) is 11.4. The molecule has 3 N–H and O–H groups in total. The van der Waals surface area contributed by atoms with E-state index in [0.29, 0.717) is 38.6 Å². The first-order valence-electron chi connectivity index (χ1n) is 10.0. The Bertz CT molecular complexity index is 486. The summed E-state index contributed by atoms with van der Waals surface area (Å²) in [6, 6.07) is 8.71. The molecule has 0 amide bonds. The number of benzene rings is 1. The van der Waals surface area contributed by atoms with Gasteiger partial charge in [0.05, 0.1) is 25.9 Å². The van der Waals surface area contributed by atoms with Crippen LogP contribution in [0, 0.1) is 0 Å². The molecule has 6 heteroatoms. The molecule has 0 aromatic heterocycles. The van der Waals surface area contributed by atoms with Gasteiger partial charge >= 0.3 is 0 Å². The molecular weight excluding hydrogens is 330 g/mol.